The topological polar surface area (TPSA) is 80.7 Å². The lowest BCUT2D eigenvalue weighted by molar-refractivity contribution is -0.145. The molecular weight excluding hydrogens is 292 g/mol. The van der Waals surface area contributed by atoms with Crippen molar-refractivity contribution < 1.29 is 19.4 Å². The van der Waals surface area contributed by atoms with Crippen molar-refractivity contribution >= 4 is 17.3 Å². The summed E-state index contributed by atoms with van der Waals surface area (Å²) in [6.45, 7) is 6.87. The molecule has 0 aliphatic heterocycles. The van der Waals surface area contributed by atoms with Crippen molar-refractivity contribution in [2.45, 2.75) is 39.3 Å². The Hall–Kier alpha value is -1.02. The molecule has 0 fully saturated rings. The molecule has 0 spiro atoms. The highest BCUT2D eigenvalue weighted by Crippen LogP contribution is 2.12. The highest BCUT2D eigenvalue weighted by molar-refractivity contribution is 7.09. The van der Waals surface area contributed by atoms with Crippen LogP contribution in [0.25, 0.3) is 0 Å². The van der Waals surface area contributed by atoms with Crippen molar-refractivity contribution in [2.24, 2.45) is 0 Å². The first-order chi connectivity index (χ1) is 10.0. The van der Waals surface area contributed by atoms with Gasteiger partial charge in [0, 0.05) is 17.8 Å². The number of aliphatic hydroxyl groups is 1. The van der Waals surface area contributed by atoms with E-state index in [0.29, 0.717) is 19.8 Å². The number of nitrogens with one attached hydrogen (secondary N) is 1. The fraction of sp³-hybridized carbons (Fsp3) is 0.714. The van der Waals surface area contributed by atoms with E-state index in [9.17, 15) is 9.90 Å². The van der Waals surface area contributed by atoms with E-state index in [1.54, 1.807) is 25.2 Å². The van der Waals surface area contributed by atoms with Crippen LogP contribution in [0.4, 0.5) is 0 Å². The predicted octanol–water partition coefficient (Wildman–Crippen LogP) is 0.913. The van der Waals surface area contributed by atoms with Crippen LogP contribution in [0.2, 0.25) is 0 Å². The zero-order valence-corrected chi connectivity index (χ0v) is 13.6. The van der Waals surface area contributed by atoms with Gasteiger partial charge in [-0.3, -0.25) is 4.79 Å². The first kappa shape index (κ1) is 18.0. The van der Waals surface area contributed by atoms with Crippen molar-refractivity contribution in [3.05, 3.63) is 16.1 Å². The number of ether oxygens (including phenoxy) is 2. The molecule has 0 saturated heterocycles. The number of nitrogens with zero attached hydrogens (tertiary/aromatic N) is 1. The molecule has 21 heavy (non-hydrogen) atoms. The van der Waals surface area contributed by atoms with E-state index >= 15 is 0 Å². The first-order valence-electron chi connectivity index (χ1n) is 7.09. The molecule has 2 unspecified atom stereocenters. The van der Waals surface area contributed by atoms with Crippen LogP contribution >= 0.6 is 11.3 Å². The second-order valence-corrected chi connectivity index (χ2v) is 5.66. The van der Waals surface area contributed by atoms with Gasteiger partial charge in [0.2, 0.25) is 0 Å². The van der Waals surface area contributed by atoms with Crippen molar-refractivity contribution in [2.75, 3.05) is 26.4 Å². The van der Waals surface area contributed by atoms with E-state index in [1.165, 1.54) is 4.88 Å². The van der Waals surface area contributed by atoms with Gasteiger partial charge in [-0.25, -0.2) is 4.98 Å². The van der Waals surface area contributed by atoms with Crippen LogP contribution in [0.15, 0.2) is 5.51 Å². The van der Waals surface area contributed by atoms with Gasteiger partial charge in [-0.05, 0) is 20.8 Å². The molecule has 1 aromatic heterocycles. The quantitative estimate of drug-likeness (QED) is 0.493. The molecule has 120 valence electrons. The molecule has 7 heteroatoms. The number of carbonyl (C=O) groups excluding carboxylic acids is 1. The van der Waals surface area contributed by atoms with Gasteiger partial charge >= 0.3 is 5.97 Å². The SMILES string of the molecule is CCOC(=O)C(C)NCC(O)COCCc1scnc1C. The molecule has 0 radical (unpaired) electrons. The van der Waals surface area contributed by atoms with Gasteiger partial charge in [-0.15, -0.1) is 11.3 Å². The summed E-state index contributed by atoms with van der Waals surface area (Å²) in [6.07, 6.45) is 0.153. The zero-order chi connectivity index (χ0) is 15.7. The lowest BCUT2D eigenvalue weighted by Crippen LogP contribution is -2.41. The molecular formula is C14H24N2O4S. The second kappa shape index (κ2) is 9.83. The summed E-state index contributed by atoms with van der Waals surface area (Å²) in [7, 11) is 0. The average Bonchev–Trinajstić information content (AvgIpc) is 2.86. The number of carbonyl (C=O) groups is 1. The summed E-state index contributed by atoms with van der Waals surface area (Å²) in [5.41, 5.74) is 2.86. The maximum atomic E-state index is 11.4. The largest absolute Gasteiger partial charge is 0.465 e. The molecule has 1 aromatic rings. The normalized spacial score (nSPS) is 13.9. The van der Waals surface area contributed by atoms with E-state index in [1.807, 2.05) is 12.4 Å². The summed E-state index contributed by atoms with van der Waals surface area (Å²) in [6, 6.07) is -0.431. The molecule has 1 heterocycles. The number of hydrogen-bond acceptors (Lipinski definition) is 7. The highest BCUT2D eigenvalue weighted by atomic mass is 32.1. The molecule has 2 N–H and O–H groups in total. The van der Waals surface area contributed by atoms with Gasteiger partial charge in [0.25, 0.3) is 0 Å². The monoisotopic (exact) mass is 316 g/mol. The second-order valence-electron chi connectivity index (χ2n) is 4.72. The molecule has 0 saturated carbocycles. The Morgan fingerprint density at radius 2 is 2.33 bits per heavy atom. The highest BCUT2D eigenvalue weighted by Gasteiger charge is 2.14. The zero-order valence-electron chi connectivity index (χ0n) is 12.8. The number of aryl methyl sites for hydroxylation is 1. The van der Waals surface area contributed by atoms with Gasteiger partial charge in [-0.1, -0.05) is 0 Å². The van der Waals surface area contributed by atoms with Crippen LogP contribution in [-0.4, -0.2) is 54.6 Å². The Balaban J connectivity index is 2.10. The van der Waals surface area contributed by atoms with Crippen molar-refractivity contribution in [1.82, 2.24) is 10.3 Å². The minimum Gasteiger partial charge on any atom is -0.465 e. The smallest absolute Gasteiger partial charge is 0.322 e. The standard InChI is InChI=1S/C14H24N2O4S/c1-4-20-14(18)11(3)15-7-12(17)8-19-6-5-13-10(2)16-9-21-13/h9,11-12,15,17H,4-8H2,1-3H3. The van der Waals surface area contributed by atoms with Crippen LogP contribution in [0.5, 0.6) is 0 Å². The number of rotatable bonds is 10. The number of hydrogen-bond donors (Lipinski definition) is 2. The average molecular weight is 316 g/mol. The summed E-state index contributed by atoms with van der Waals surface area (Å²) >= 11 is 1.61. The molecule has 0 amide bonds. The van der Waals surface area contributed by atoms with Gasteiger partial charge in [-0.2, -0.15) is 0 Å². The van der Waals surface area contributed by atoms with Crippen LogP contribution in [0, 0.1) is 6.92 Å². The molecule has 0 aromatic carbocycles. The molecule has 2 atom stereocenters. The van der Waals surface area contributed by atoms with Crippen molar-refractivity contribution in [1.29, 1.82) is 0 Å². The van der Waals surface area contributed by atoms with E-state index in [4.69, 9.17) is 9.47 Å². The van der Waals surface area contributed by atoms with Crippen molar-refractivity contribution in [3.8, 4) is 0 Å². The lowest BCUT2D eigenvalue weighted by Gasteiger charge is -2.16. The Morgan fingerprint density at radius 1 is 1.57 bits per heavy atom. The predicted molar refractivity (Wildman–Crippen MR) is 81.5 cm³/mol. The minimum atomic E-state index is -0.649. The Bertz CT molecular complexity index is 425. The number of esters is 1. The van der Waals surface area contributed by atoms with Crippen LogP contribution < -0.4 is 5.32 Å². The summed E-state index contributed by atoms with van der Waals surface area (Å²) in [5.74, 6) is -0.314. The van der Waals surface area contributed by atoms with E-state index in [2.05, 4.69) is 10.3 Å². The summed E-state index contributed by atoms with van der Waals surface area (Å²) in [4.78, 5) is 16.8. The maximum Gasteiger partial charge on any atom is 0.322 e. The molecule has 1 rings (SSSR count). The Kier molecular flexibility index (Phi) is 8.44. The van der Waals surface area contributed by atoms with Gasteiger partial charge < -0.3 is 19.9 Å². The van der Waals surface area contributed by atoms with Crippen molar-refractivity contribution in [3.63, 3.8) is 0 Å². The van der Waals surface area contributed by atoms with E-state index in [-0.39, 0.29) is 12.6 Å². The van der Waals surface area contributed by atoms with Crippen LogP contribution in [-0.2, 0) is 20.7 Å². The molecule has 0 aliphatic carbocycles. The molecule has 0 aliphatic rings. The van der Waals surface area contributed by atoms with Crippen LogP contribution in [0.3, 0.4) is 0 Å². The van der Waals surface area contributed by atoms with Gasteiger partial charge in [0.1, 0.15) is 6.04 Å². The minimum absolute atomic E-state index is 0.237. The first-order valence-corrected chi connectivity index (χ1v) is 7.97. The third-order valence-corrected chi connectivity index (χ3v) is 3.92. The third-order valence-electron chi connectivity index (χ3n) is 2.93. The summed E-state index contributed by atoms with van der Waals surface area (Å²) < 4.78 is 10.3. The van der Waals surface area contributed by atoms with Crippen LogP contribution in [0.1, 0.15) is 24.4 Å². The lowest BCUT2D eigenvalue weighted by atomic mass is 10.3. The Morgan fingerprint density at radius 3 is 2.95 bits per heavy atom. The summed E-state index contributed by atoms with van der Waals surface area (Å²) in [5, 5.41) is 12.7. The fourth-order valence-electron chi connectivity index (χ4n) is 1.67. The van der Waals surface area contributed by atoms with Gasteiger partial charge in [0.05, 0.1) is 37.1 Å². The molecule has 0 bridgehead atoms. The maximum absolute atomic E-state index is 11.4. The third kappa shape index (κ3) is 6.99. The van der Waals surface area contributed by atoms with E-state index < -0.39 is 12.1 Å². The number of aromatic nitrogens is 1. The molecule has 6 nitrogen and oxygen atoms in total. The van der Waals surface area contributed by atoms with Gasteiger partial charge in [0.15, 0.2) is 0 Å². The van der Waals surface area contributed by atoms with E-state index in [0.717, 1.165) is 12.1 Å². The number of aliphatic hydroxyl groups excluding tert-OH is 1. The number of thiazole rings is 1. The fourth-order valence-corrected chi connectivity index (χ4v) is 2.44. The Labute approximate surface area is 129 Å².